The van der Waals surface area contributed by atoms with Gasteiger partial charge < -0.3 is 29.6 Å². The Labute approximate surface area is 175 Å². The van der Waals surface area contributed by atoms with Crippen molar-refractivity contribution < 1.29 is 28.5 Å². The van der Waals surface area contributed by atoms with Gasteiger partial charge in [0.25, 0.3) is 11.8 Å². The van der Waals surface area contributed by atoms with Crippen LogP contribution in [-0.2, 0) is 9.53 Å². The van der Waals surface area contributed by atoms with E-state index >= 15 is 0 Å². The highest BCUT2D eigenvalue weighted by molar-refractivity contribution is 6.04. The van der Waals surface area contributed by atoms with Gasteiger partial charge in [-0.15, -0.1) is 0 Å². The molecule has 2 aromatic rings. The van der Waals surface area contributed by atoms with Gasteiger partial charge in [-0.1, -0.05) is 12.1 Å². The molecule has 2 amide bonds. The molecule has 1 aliphatic rings. The fourth-order valence-corrected chi connectivity index (χ4v) is 3.10. The molecule has 8 heteroatoms. The van der Waals surface area contributed by atoms with E-state index < -0.39 is 5.91 Å². The van der Waals surface area contributed by atoms with Gasteiger partial charge in [0.15, 0.2) is 6.61 Å². The van der Waals surface area contributed by atoms with Crippen molar-refractivity contribution in [3.8, 4) is 17.2 Å². The van der Waals surface area contributed by atoms with Crippen LogP contribution in [0.1, 0.15) is 23.2 Å². The first kappa shape index (κ1) is 21.4. The van der Waals surface area contributed by atoms with Crippen LogP contribution in [0.25, 0.3) is 0 Å². The van der Waals surface area contributed by atoms with Crippen molar-refractivity contribution in [3.63, 3.8) is 0 Å². The molecule has 160 valence electrons. The number of methoxy groups -OCH3 is 2. The van der Waals surface area contributed by atoms with Crippen LogP contribution in [0.4, 0.5) is 5.69 Å². The second-order valence-corrected chi connectivity index (χ2v) is 6.78. The Kier molecular flexibility index (Phi) is 7.51. The summed E-state index contributed by atoms with van der Waals surface area (Å²) in [4.78, 5) is 24.9. The third kappa shape index (κ3) is 5.87. The van der Waals surface area contributed by atoms with Gasteiger partial charge in [-0.25, -0.2) is 0 Å². The van der Waals surface area contributed by atoms with Gasteiger partial charge in [0.1, 0.15) is 17.2 Å². The minimum Gasteiger partial charge on any atom is -0.496 e. The Morgan fingerprint density at radius 2 is 1.77 bits per heavy atom. The molecular formula is C22H26N2O6. The smallest absolute Gasteiger partial charge is 0.262 e. The number of rotatable bonds is 9. The summed E-state index contributed by atoms with van der Waals surface area (Å²) >= 11 is 0. The van der Waals surface area contributed by atoms with E-state index in [4.69, 9.17) is 18.9 Å². The molecule has 3 rings (SSSR count). The summed E-state index contributed by atoms with van der Waals surface area (Å²) in [5, 5.41) is 5.59. The topological polar surface area (TPSA) is 95.1 Å². The van der Waals surface area contributed by atoms with E-state index in [1.165, 1.54) is 14.2 Å². The molecule has 30 heavy (non-hydrogen) atoms. The van der Waals surface area contributed by atoms with Crippen LogP contribution in [-0.4, -0.2) is 51.9 Å². The molecule has 0 aliphatic carbocycles. The van der Waals surface area contributed by atoms with Crippen molar-refractivity contribution in [1.82, 2.24) is 5.32 Å². The van der Waals surface area contributed by atoms with E-state index in [2.05, 4.69) is 10.6 Å². The highest BCUT2D eigenvalue weighted by atomic mass is 16.5. The lowest BCUT2D eigenvalue weighted by atomic mass is 10.1. The van der Waals surface area contributed by atoms with Crippen LogP contribution in [0.5, 0.6) is 17.2 Å². The average molecular weight is 414 g/mol. The summed E-state index contributed by atoms with van der Waals surface area (Å²) in [5.41, 5.74) is 0.797. The number of ether oxygens (including phenoxy) is 4. The standard InChI is InChI=1S/C22H26N2O6/c1-27-16-10-17(28-2)12-18(11-16)30-14-21(25)24-20-8-4-3-7-19(20)22(26)23-13-15-6-5-9-29-15/h3-4,7-8,10-12,15H,5-6,9,13-14H2,1-2H3,(H,23,26)(H,24,25)/t15-/m0/s1. The summed E-state index contributed by atoms with van der Waals surface area (Å²) in [6, 6.07) is 11.8. The highest BCUT2D eigenvalue weighted by Gasteiger charge is 2.18. The summed E-state index contributed by atoms with van der Waals surface area (Å²) in [7, 11) is 3.07. The number of amides is 2. The van der Waals surface area contributed by atoms with E-state index in [9.17, 15) is 9.59 Å². The molecular weight excluding hydrogens is 388 g/mol. The van der Waals surface area contributed by atoms with E-state index in [0.717, 1.165) is 19.4 Å². The minimum atomic E-state index is -0.392. The maximum Gasteiger partial charge on any atom is 0.262 e. The zero-order valence-electron chi connectivity index (χ0n) is 17.1. The average Bonchev–Trinajstić information content (AvgIpc) is 3.30. The molecule has 0 unspecified atom stereocenters. The first-order valence-electron chi connectivity index (χ1n) is 9.73. The fourth-order valence-electron chi connectivity index (χ4n) is 3.10. The zero-order valence-corrected chi connectivity index (χ0v) is 17.1. The molecule has 0 saturated carbocycles. The molecule has 0 aromatic heterocycles. The van der Waals surface area contributed by atoms with Crippen LogP contribution >= 0.6 is 0 Å². The number of carbonyl (C=O) groups excluding carboxylic acids is 2. The van der Waals surface area contributed by atoms with Crippen molar-refractivity contribution in [2.24, 2.45) is 0 Å². The third-order valence-corrected chi connectivity index (χ3v) is 4.65. The SMILES string of the molecule is COc1cc(OC)cc(OCC(=O)Nc2ccccc2C(=O)NC[C@@H]2CCCO2)c1. The second-order valence-electron chi connectivity index (χ2n) is 6.78. The maximum absolute atomic E-state index is 12.5. The Bertz CT molecular complexity index is 857. The Morgan fingerprint density at radius 1 is 1.07 bits per heavy atom. The van der Waals surface area contributed by atoms with Crippen molar-refractivity contribution in [2.75, 3.05) is 39.3 Å². The number of carbonyl (C=O) groups is 2. The van der Waals surface area contributed by atoms with E-state index in [1.807, 2.05) is 0 Å². The van der Waals surface area contributed by atoms with Gasteiger partial charge in [-0.3, -0.25) is 9.59 Å². The summed E-state index contributed by atoms with van der Waals surface area (Å²) in [5.74, 6) is 0.885. The monoisotopic (exact) mass is 414 g/mol. The number of para-hydroxylation sites is 1. The molecule has 1 fully saturated rings. The van der Waals surface area contributed by atoms with Crippen LogP contribution in [0, 0.1) is 0 Å². The molecule has 1 aliphatic heterocycles. The second kappa shape index (κ2) is 10.5. The first-order chi connectivity index (χ1) is 14.6. The van der Waals surface area contributed by atoms with E-state index in [-0.39, 0.29) is 18.6 Å². The van der Waals surface area contributed by atoms with E-state index in [1.54, 1.807) is 42.5 Å². The van der Waals surface area contributed by atoms with Crippen LogP contribution < -0.4 is 24.8 Å². The molecule has 0 spiro atoms. The van der Waals surface area contributed by atoms with Crippen LogP contribution in [0.3, 0.4) is 0 Å². The molecule has 2 N–H and O–H groups in total. The quantitative estimate of drug-likeness (QED) is 0.655. The molecule has 2 aromatic carbocycles. The molecule has 0 radical (unpaired) electrons. The van der Waals surface area contributed by atoms with Crippen molar-refractivity contribution in [1.29, 1.82) is 0 Å². The largest absolute Gasteiger partial charge is 0.496 e. The number of anilines is 1. The maximum atomic E-state index is 12.5. The van der Waals surface area contributed by atoms with Gasteiger partial charge in [-0.2, -0.15) is 0 Å². The first-order valence-corrected chi connectivity index (χ1v) is 9.73. The Balaban J connectivity index is 1.58. The van der Waals surface area contributed by atoms with Gasteiger partial charge >= 0.3 is 0 Å². The predicted octanol–water partition coefficient (Wildman–Crippen LogP) is 2.63. The highest BCUT2D eigenvalue weighted by Crippen LogP contribution is 2.27. The van der Waals surface area contributed by atoms with Crippen molar-refractivity contribution in [2.45, 2.75) is 18.9 Å². The van der Waals surface area contributed by atoms with Crippen molar-refractivity contribution in [3.05, 3.63) is 48.0 Å². The van der Waals surface area contributed by atoms with Gasteiger partial charge in [0.2, 0.25) is 0 Å². The fraction of sp³-hybridized carbons (Fsp3) is 0.364. The molecule has 1 heterocycles. The number of benzene rings is 2. The molecule has 8 nitrogen and oxygen atoms in total. The predicted molar refractivity (Wildman–Crippen MR) is 111 cm³/mol. The summed E-state index contributed by atoms with van der Waals surface area (Å²) in [6.07, 6.45) is 1.99. The van der Waals surface area contributed by atoms with Gasteiger partial charge in [-0.05, 0) is 25.0 Å². The lowest BCUT2D eigenvalue weighted by molar-refractivity contribution is -0.118. The van der Waals surface area contributed by atoms with E-state index in [0.29, 0.717) is 35.0 Å². The summed E-state index contributed by atoms with van der Waals surface area (Å²) in [6.45, 7) is 0.941. The molecule has 0 bridgehead atoms. The van der Waals surface area contributed by atoms with Gasteiger partial charge in [0, 0.05) is 31.4 Å². The van der Waals surface area contributed by atoms with Gasteiger partial charge in [0.05, 0.1) is 31.6 Å². The minimum absolute atomic E-state index is 0.0453. The van der Waals surface area contributed by atoms with Crippen LogP contribution in [0.15, 0.2) is 42.5 Å². The lowest BCUT2D eigenvalue weighted by Gasteiger charge is -2.14. The number of hydrogen-bond donors (Lipinski definition) is 2. The third-order valence-electron chi connectivity index (χ3n) is 4.65. The van der Waals surface area contributed by atoms with Crippen LogP contribution in [0.2, 0.25) is 0 Å². The normalized spacial score (nSPS) is 15.3. The summed E-state index contributed by atoms with van der Waals surface area (Å²) < 4.78 is 21.4. The zero-order chi connectivity index (χ0) is 21.3. The molecule has 1 saturated heterocycles. The number of nitrogens with one attached hydrogen (secondary N) is 2. The Hall–Kier alpha value is -3.26. The lowest BCUT2D eigenvalue weighted by Crippen LogP contribution is -2.32. The van der Waals surface area contributed by atoms with Crippen molar-refractivity contribution >= 4 is 17.5 Å². The number of hydrogen-bond acceptors (Lipinski definition) is 6. The Morgan fingerprint density at radius 3 is 2.43 bits per heavy atom. The molecule has 1 atom stereocenters.